The Morgan fingerprint density at radius 1 is 0.963 bits per heavy atom. The molecule has 0 radical (unpaired) electrons. The van der Waals surface area contributed by atoms with Crippen LogP contribution in [-0.4, -0.2) is 20.8 Å². The van der Waals surface area contributed by atoms with Crippen LogP contribution in [0.4, 0.5) is 0 Å². The molecule has 142 valence electrons. The van der Waals surface area contributed by atoms with E-state index in [9.17, 15) is 0 Å². The Labute approximate surface area is 168 Å². The molecule has 27 heavy (non-hydrogen) atoms. The predicted molar refractivity (Wildman–Crippen MR) is 112 cm³/mol. The molecule has 0 bridgehead atoms. The monoisotopic (exact) mass is 429 g/mol. The third-order valence-corrected chi connectivity index (χ3v) is 4.95. The van der Waals surface area contributed by atoms with Crippen LogP contribution in [0.5, 0.6) is 11.5 Å². The van der Waals surface area contributed by atoms with Gasteiger partial charge in [0.05, 0.1) is 20.8 Å². The summed E-state index contributed by atoms with van der Waals surface area (Å²) in [4.78, 5) is 0. The van der Waals surface area contributed by atoms with Crippen molar-refractivity contribution in [3.63, 3.8) is 0 Å². The van der Waals surface area contributed by atoms with Crippen molar-refractivity contribution in [3.8, 4) is 22.8 Å². The third kappa shape index (κ3) is 4.93. The number of methoxy groups -OCH3 is 2. The van der Waals surface area contributed by atoms with Crippen molar-refractivity contribution in [1.29, 1.82) is 0 Å². The fraction of sp³-hybridized carbons (Fsp3) is 0.273. The zero-order valence-electron chi connectivity index (χ0n) is 15.8. The minimum atomic E-state index is 0.697. The molecule has 0 spiro atoms. The molecule has 1 heterocycles. The second-order valence-electron chi connectivity index (χ2n) is 6.34. The van der Waals surface area contributed by atoms with Crippen LogP contribution in [0.2, 0.25) is 0 Å². The van der Waals surface area contributed by atoms with E-state index in [2.05, 4.69) is 46.4 Å². The standard InChI is InChI=1S/C22H24BrNO3/c1-15-12-17(23)5-7-19(15)20-9-6-18(27-20)14-24-11-10-16-4-8-21(25-2)22(13-16)26-3/h4-9,12-13,24H,10-11,14H2,1-3H3. The molecule has 3 rings (SSSR count). The molecular weight excluding hydrogens is 406 g/mol. The highest BCUT2D eigenvalue weighted by Gasteiger charge is 2.08. The predicted octanol–water partition coefficient (Wildman–Crippen LogP) is 5.37. The Morgan fingerprint density at radius 3 is 2.52 bits per heavy atom. The maximum Gasteiger partial charge on any atom is 0.160 e. The van der Waals surface area contributed by atoms with Gasteiger partial charge in [-0.3, -0.25) is 0 Å². The van der Waals surface area contributed by atoms with E-state index < -0.39 is 0 Å². The number of nitrogens with one attached hydrogen (secondary N) is 1. The SMILES string of the molecule is COc1ccc(CCNCc2ccc(-c3ccc(Br)cc3C)o2)cc1OC. The minimum Gasteiger partial charge on any atom is -0.493 e. The average Bonchev–Trinajstić information content (AvgIpc) is 3.13. The highest BCUT2D eigenvalue weighted by atomic mass is 79.9. The zero-order chi connectivity index (χ0) is 19.2. The summed E-state index contributed by atoms with van der Waals surface area (Å²) in [5.41, 5.74) is 3.51. The van der Waals surface area contributed by atoms with Crippen LogP contribution in [0.1, 0.15) is 16.9 Å². The lowest BCUT2D eigenvalue weighted by molar-refractivity contribution is 0.354. The summed E-state index contributed by atoms with van der Waals surface area (Å²) in [5, 5.41) is 3.43. The summed E-state index contributed by atoms with van der Waals surface area (Å²) >= 11 is 3.50. The van der Waals surface area contributed by atoms with Gasteiger partial charge in [-0.25, -0.2) is 0 Å². The molecule has 4 nitrogen and oxygen atoms in total. The van der Waals surface area contributed by atoms with E-state index in [-0.39, 0.29) is 0 Å². The van der Waals surface area contributed by atoms with Gasteiger partial charge in [0.2, 0.25) is 0 Å². The number of furan rings is 1. The first-order valence-electron chi connectivity index (χ1n) is 8.87. The molecule has 0 unspecified atom stereocenters. The number of aryl methyl sites for hydroxylation is 1. The number of halogens is 1. The Bertz CT molecular complexity index is 904. The summed E-state index contributed by atoms with van der Waals surface area (Å²) in [5.74, 6) is 3.34. The highest BCUT2D eigenvalue weighted by Crippen LogP contribution is 2.28. The van der Waals surface area contributed by atoms with E-state index >= 15 is 0 Å². The molecule has 0 aliphatic carbocycles. The van der Waals surface area contributed by atoms with Crippen LogP contribution < -0.4 is 14.8 Å². The van der Waals surface area contributed by atoms with Crippen molar-refractivity contribution in [2.45, 2.75) is 19.9 Å². The van der Waals surface area contributed by atoms with Gasteiger partial charge < -0.3 is 19.2 Å². The molecule has 0 saturated heterocycles. The molecule has 1 N–H and O–H groups in total. The Balaban J connectivity index is 1.53. The van der Waals surface area contributed by atoms with E-state index in [1.165, 1.54) is 11.1 Å². The topological polar surface area (TPSA) is 43.6 Å². The number of rotatable bonds is 8. The summed E-state index contributed by atoms with van der Waals surface area (Å²) < 4.78 is 17.7. The van der Waals surface area contributed by atoms with E-state index in [0.29, 0.717) is 6.54 Å². The number of benzene rings is 2. The van der Waals surface area contributed by atoms with Crippen molar-refractivity contribution in [2.75, 3.05) is 20.8 Å². The molecule has 0 amide bonds. The maximum absolute atomic E-state index is 6.00. The van der Waals surface area contributed by atoms with E-state index in [1.54, 1.807) is 14.2 Å². The van der Waals surface area contributed by atoms with E-state index in [0.717, 1.165) is 46.0 Å². The minimum absolute atomic E-state index is 0.697. The fourth-order valence-corrected chi connectivity index (χ4v) is 3.48. The van der Waals surface area contributed by atoms with Crippen molar-refractivity contribution >= 4 is 15.9 Å². The quantitative estimate of drug-likeness (QED) is 0.489. The lowest BCUT2D eigenvalue weighted by Crippen LogP contribution is -2.16. The Morgan fingerprint density at radius 2 is 1.78 bits per heavy atom. The summed E-state index contributed by atoms with van der Waals surface area (Å²) in [6, 6.07) is 16.3. The average molecular weight is 430 g/mol. The van der Waals surface area contributed by atoms with Crippen molar-refractivity contribution in [1.82, 2.24) is 5.32 Å². The largest absolute Gasteiger partial charge is 0.493 e. The Hall–Kier alpha value is -2.24. The normalized spacial score (nSPS) is 10.8. The lowest BCUT2D eigenvalue weighted by atomic mass is 10.1. The first kappa shape index (κ1) is 19.5. The smallest absolute Gasteiger partial charge is 0.160 e. The fourth-order valence-electron chi connectivity index (χ4n) is 3.00. The van der Waals surface area contributed by atoms with E-state index in [4.69, 9.17) is 13.9 Å². The van der Waals surface area contributed by atoms with Gasteiger partial charge in [0.25, 0.3) is 0 Å². The van der Waals surface area contributed by atoms with Crippen LogP contribution >= 0.6 is 15.9 Å². The summed E-state index contributed by atoms with van der Waals surface area (Å²) in [6.45, 7) is 3.63. The van der Waals surface area contributed by atoms with Crippen LogP contribution in [0.25, 0.3) is 11.3 Å². The Kier molecular flexibility index (Phi) is 6.58. The second kappa shape index (κ2) is 9.11. The number of hydrogen-bond acceptors (Lipinski definition) is 4. The van der Waals surface area contributed by atoms with E-state index in [1.807, 2.05) is 30.3 Å². The first-order chi connectivity index (χ1) is 13.1. The number of hydrogen-bond donors (Lipinski definition) is 1. The molecule has 0 aliphatic heterocycles. The highest BCUT2D eigenvalue weighted by molar-refractivity contribution is 9.10. The van der Waals surface area contributed by atoms with Crippen LogP contribution in [0.3, 0.4) is 0 Å². The molecule has 2 aromatic carbocycles. The molecule has 0 atom stereocenters. The van der Waals surface area contributed by atoms with Crippen LogP contribution in [0.15, 0.2) is 57.4 Å². The molecular formula is C22H24BrNO3. The molecule has 3 aromatic rings. The number of ether oxygens (including phenoxy) is 2. The van der Waals surface area contributed by atoms with Gasteiger partial charge >= 0.3 is 0 Å². The molecule has 0 aliphatic rings. The van der Waals surface area contributed by atoms with Crippen LogP contribution in [-0.2, 0) is 13.0 Å². The lowest BCUT2D eigenvalue weighted by Gasteiger charge is -2.09. The third-order valence-electron chi connectivity index (χ3n) is 4.45. The maximum atomic E-state index is 6.00. The van der Waals surface area contributed by atoms with Crippen LogP contribution in [0, 0.1) is 6.92 Å². The van der Waals surface area contributed by atoms with Gasteiger partial charge in [-0.2, -0.15) is 0 Å². The molecule has 0 saturated carbocycles. The molecule has 1 aromatic heterocycles. The van der Waals surface area contributed by atoms with Gasteiger partial charge in [0, 0.05) is 10.0 Å². The zero-order valence-corrected chi connectivity index (χ0v) is 17.4. The van der Waals surface area contributed by atoms with Gasteiger partial charge in [0.15, 0.2) is 11.5 Å². The van der Waals surface area contributed by atoms with Gasteiger partial charge in [-0.05, 0) is 73.5 Å². The van der Waals surface area contributed by atoms with Crippen molar-refractivity contribution in [3.05, 3.63) is 69.9 Å². The van der Waals surface area contributed by atoms with Gasteiger partial charge in [-0.15, -0.1) is 0 Å². The molecule has 0 fully saturated rings. The second-order valence-corrected chi connectivity index (χ2v) is 7.26. The van der Waals surface area contributed by atoms with Crippen molar-refractivity contribution < 1.29 is 13.9 Å². The van der Waals surface area contributed by atoms with Gasteiger partial charge in [0.1, 0.15) is 11.5 Å². The summed E-state index contributed by atoms with van der Waals surface area (Å²) in [6.07, 6.45) is 0.903. The molecule has 5 heteroatoms. The van der Waals surface area contributed by atoms with Gasteiger partial charge in [-0.1, -0.05) is 22.0 Å². The first-order valence-corrected chi connectivity index (χ1v) is 9.67. The van der Waals surface area contributed by atoms with Crippen molar-refractivity contribution in [2.24, 2.45) is 0 Å². The summed E-state index contributed by atoms with van der Waals surface area (Å²) in [7, 11) is 3.30.